The van der Waals surface area contributed by atoms with E-state index < -0.39 is 0 Å². The molecule has 14 heavy (non-hydrogen) atoms. The smallest absolute Gasteiger partial charge is 0.206 e. The second kappa shape index (κ2) is 8.77. The summed E-state index contributed by atoms with van der Waals surface area (Å²) in [7, 11) is 0. The van der Waals surface area contributed by atoms with Crippen LogP contribution in [0.5, 0.6) is 0 Å². The Hall–Kier alpha value is -0.810. The van der Waals surface area contributed by atoms with E-state index >= 15 is 0 Å². The number of hydrogen-bond donors (Lipinski definition) is 3. The van der Waals surface area contributed by atoms with Crippen LogP contribution < -0.4 is 16.6 Å². The molecule has 0 aromatic carbocycles. The van der Waals surface area contributed by atoms with E-state index in [1.54, 1.807) is 0 Å². The van der Waals surface area contributed by atoms with Crippen LogP contribution >= 0.6 is 0 Å². The van der Waals surface area contributed by atoms with E-state index in [0.717, 1.165) is 19.6 Å². The minimum absolute atomic E-state index is 0.210. The number of hydrazine groups is 1. The number of guanidine groups is 1. The molecule has 5 heteroatoms. The SMILES string of the molecule is CCCN=C(NN)NC(C)COCC. The summed E-state index contributed by atoms with van der Waals surface area (Å²) in [4.78, 5) is 4.22. The van der Waals surface area contributed by atoms with Crippen LogP contribution in [0.1, 0.15) is 27.2 Å². The maximum absolute atomic E-state index is 5.31. The molecule has 0 amide bonds. The standard InChI is InChI=1S/C9H22N4O/c1-4-6-11-9(13-10)12-8(3)7-14-5-2/h8H,4-7,10H2,1-3H3,(H2,11,12,13). The Morgan fingerprint density at radius 3 is 2.71 bits per heavy atom. The summed E-state index contributed by atoms with van der Waals surface area (Å²) in [5.74, 6) is 5.93. The highest BCUT2D eigenvalue weighted by atomic mass is 16.5. The van der Waals surface area contributed by atoms with Crippen LogP contribution in [0.4, 0.5) is 0 Å². The van der Waals surface area contributed by atoms with Crippen LogP contribution in [0.15, 0.2) is 4.99 Å². The van der Waals surface area contributed by atoms with E-state index in [4.69, 9.17) is 10.6 Å². The Balaban J connectivity index is 3.79. The van der Waals surface area contributed by atoms with Gasteiger partial charge in [-0.1, -0.05) is 6.92 Å². The van der Waals surface area contributed by atoms with Gasteiger partial charge in [-0.2, -0.15) is 0 Å². The number of hydrogen-bond acceptors (Lipinski definition) is 3. The number of ether oxygens (including phenoxy) is 1. The van der Waals surface area contributed by atoms with Gasteiger partial charge in [0, 0.05) is 19.2 Å². The van der Waals surface area contributed by atoms with Crippen LogP contribution in [0.3, 0.4) is 0 Å². The number of rotatable bonds is 6. The minimum atomic E-state index is 0.210. The molecule has 0 aromatic rings. The molecule has 0 bridgehead atoms. The molecule has 1 unspecified atom stereocenters. The zero-order valence-electron chi connectivity index (χ0n) is 9.34. The lowest BCUT2D eigenvalue weighted by Gasteiger charge is -2.16. The molecule has 5 nitrogen and oxygen atoms in total. The quantitative estimate of drug-likeness (QED) is 0.249. The molecule has 0 radical (unpaired) electrons. The minimum Gasteiger partial charge on any atom is -0.380 e. The molecule has 1 atom stereocenters. The second-order valence-corrected chi connectivity index (χ2v) is 3.08. The van der Waals surface area contributed by atoms with Crippen LogP contribution in [-0.4, -0.2) is 31.8 Å². The highest BCUT2D eigenvalue weighted by molar-refractivity contribution is 5.79. The van der Waals surface area contributed by atoms with Gasteiger partial charge in [-0.05, 0) is 20.3 Å². The second-order valence-electron chi connectivity index (χ2n) is 3.08. The summed E-state index contributed by atoms with van der Waals surface area (Å²) in [6.45, 7) is 8.22. The van der Waals surface area contributed by atoms with Crippen molar-refractivity contribution in [2.75, 3.05) is 19.8 Å². The van der Waals surface area contributed by atoms with Crippen molar-refractivity contribution in [1.29, 1.82) is 0 Å². The molecule has 0 aromatic heterocycles. The van der Waals surface area contributed by atoms with Crippen molar-refractivity contribution in [2.45, 2.75) is 33.2 Å². The van der Waals surface area contributed by atoms with E-state index in [1.807, 2.05) is 13.8 Å². The van der Waals surface area contributed by atoms with Gasteiger partial charge in [-0.3, -0.25) is 10.4 Å². The first-order valence-electron chi connectivity index (χ1n) is 5.09. The monoisotopic (exact) mass is 202 g/mol. The van der Waals surface area contributed by atoms with Crippen LogP contribution in [0.2, 0.25) is 0 Å². The number of nitrogens with two attached hydrogens (primary N) is 1. The van der Waals surface area contributed by atoms with E-state index in [-0.39, 0.29) is 6.04 Å². The zero-order valence-corrected chi connectivity index (χ0v) is 9.34. The van der Waals surface area contributed by atoms with Crippen LogP contribution in [0.25, 0.3) is 0 Å². The first-order chi connectivity index (χ1) is 6.74. The largest absolute Gasteiger partial charge is 0.380 e. The van der Waals surface area contributed by atoms with Crippen molar-refractivity contribution in [3.63, 3.8) is 0 Å². The number of aliphatic imine (C=N–C) groups is 1. The van der Waals surface area contributed by atoms with Crippen molar-refractivity contribution in [3.8, 4) is 0 Å². The third-order valence-corrected chi connectivity index (χ3v) is 1.59. The van der Waals surface area contributed by atoms with Gasteiger partial charge < -0.3 is 10.1 Å². The molecule has 0 saturated heterocycles. The summed E-state index contributed by atoms with van der Waals surface area (Å²) in [5, 5.41) is 3.13. The lowest BCUT2D eigenvalue weighted by molar-refractivity contribution is 0.132. The summed E-state index contributed by atoms with van der Waals surface area (Å²) >= 11 is 0. The normalized spacial score (nSPS) is 13.9. The first kappa shape index (κ1) is 13.2. The van der Waals surface area contributed by atoms with Gasteiger partial charge in [-0.25, -0.2) is 5.84 Å². The van der Waals surface area contributed by atoms with Crippen molar-refractivity contribution < 1.29 is 4.74 Å². The zero-order chi connectivity index (χ0) is 10.8. The molecule has 0 rings (SSSR count). The molecular weight excluding hydrogens is 180 g/mol. The van der Waals surface area contributed by atoms with Gasteiger partial charge in [0.25, 0.3) is 0 Å². The Kier molecular flexibility index (Phi) is 8.27. The van der Waals surface area contributed by atoms with Crippen LogP contribution in [0, 0.1) is 0 Å². The number of nitrogens with zero attached hydrogens (tertiary/aromatic N) is 1. The average Bonchev–Trinajstić information content (AvgIpc) is 2.21. The molecule has 0 saturated carbocycles. The van der Waals surface area contributed by atoms with E-state index in [1.165, 1.54) is 0 Å². The van der Waals surface area contributed by atoms with Gasteiger partial charge in [0.05, 0.1) is 6.61 Å². The molecule has 0 aliphatic carbocycles. The fourth-order valence-corrected chi connectivity index (χ4v) is 0.926. The third kappa shape index (κ3) is 6.68. The summed E-state index contributed by atoms with van der Waals surface area (Å²) in [6.07, 6.45) is 1.01. The van der Waals surface area contributed by atoms with Gasteiger partial charge in [-0.15, -0.1) is 0 Å². The molecule has 0 fully saturated rings. The topological polar surface area (TPSA) is 71.7 Å². The van der Waals surface area contributed by atoms with E-state index in [0.29, 0.717) is 12.6 Å². The summed E-state index contributed by atoms with van der Waals surface area (Å²) < 4.78 is 5.26. The summed E-state index contributed by atoms with van der Waals surface area (Å²) in [5.41, 5.74) is 2.53. The van der Waals surface area contributed by atoms with E-state index in [9.17, 15) is 0 Å². The van der Waals surface area contributed by atoms with Crippen molar-refractivity contribution in [3.05, 3.63) is 0 Å². The lowest BCUT2D eigenvalue weighted by Crippen LogP contribution is -2.47. The van der Waals surface area contributed by atoms with Gasteiger partial charge in [0.15, 0.2) is 0 Å². The lowest BCUT2D eigenvalue weighted by atomic mass is 10.4. The number of nitrogens with one attached hydrogen (secondary N) is 2. The van der Waals surface area contributed by atoms with Gasteiger partial charge in [0.1, 0.15) is 0 Å². The van der Waals surface area contributed by atoms with E-state index in [2.05, 4.69) is 22.7 Å². The van der Waals surface area contributed by atoms with Crippen molar-refractivity contribution >= 4 is 5.96 Å². The van der Waals surface area contributed by atoms with Gasteiger partial charge in [0.2, 0.25) is 5.96 Å². The maximum Gasteiger partial charge on any atom is 0.206 e. The molecule has 4 N–H and O–H groups in total. The van der Waals surface area contributed by atoms with Crippen molar-refractivity contribution in [1.82, 2.24) is 10.7 Å². The first-order valence-corrected chi connectivity index (χ1v) is 5.09. The molecule has 84 valence electrons. The van der Waals surface area contributed by atoms with Crippen molar-refractivity contribution in [2.24, 2.45) is 10.8 Å². The Bertz CT molecular complexity index is 161. The Morgan fingerprint density at radius 1 is 1.50 bits per heavy atom. The molecule has 0 spiro atoms. The predicted octanol–water partition coefficient (Wildman–Crippen LogP) is 0.230. The molecular formula is C9H22N4O. The highest BCUT2D eigenvalue weighted by Gasteiger charge is 2.03. The maximum atomic E-state index is 5.31. The molecule has 0 aliphatic rings. The van der Waals surface area contributed by atoms with Crippen LogP contribution in [-0.2, 0) is 4.74 Å². The Morgan fingerprint density at radius 2 is 2.21 bits per heavy atom. The average molecular weight is 202 g/mol. The molecule has 0 aliphatic heterocycles. The fraction of sp³-hybridized carbons (Fsp3) is 0.889. The highest BCUT2D eigenvalue weighted by Crippen LogP contribution is 1.85. The predicted molar refractivity (Wildman–Crippen MR) is 59.0 cm³/mol. The molecule has 0 heterocycles. The summed E-state index contributed by atoms with van der Waals surface area (Å²) in [6, 6.07) is 0.210. The Labute approximate surface area is 86.1 Å². The van der Waals surface area contributed by atoms with Gasteiger partial charge >= 0.3 is 0 Å². The fourth-order valence-electron chi connectivity index (χ4n) is 0.926. The third-order valence-electron chi connectivity index (χ3n) is 1.59.